The van der Waals surface area contributed by atoms with Gasteiger partial charge in [-0.3, -0.25) is 9.59 Å². The van der Waals surface area contributed by atoms with Gasteiger partial charge in [0.05, 0.1) is 5.02 Å². The highest BCUT2D eigenvalue weighted by molar-refractivity contribution is 6.35. The quantitative estimate of drug-likeness (QED) is 0.473. The third kappa shape index (κ3) is 10.5. The van der Waals surface area contributed by atoms with Crippen LogP contribution in [0.15, 0.2) is 42.5 Å². The molecule has 0 heterocycles. The molecule has 0 atom stereocenters. The van der Waals surface area contributed by atoms with Crippen LogP contribution in [0.5, 0.6) is 5.75 Å². The molecule has 0 aliphatic rings. The smallest absolute Gasteiger partial charge is 0.407 e. The third-order valence-electron chi connectivity index (χ3n) is 4.00. The van der Waals surface area contributed by atoms with Crippen molar-refractivity contribution in [2.24, 2.45) is 0 Å². The minimum atomic E-state index is -0.588. The van der Waals surface area contributed by atoms with Crippen molar-refractivity contribution in [3.05, 3.63) is 58.1 Å². The van der Waals surface area contributed by atoms with Crippen LogP contribution in [-0.2, 0) is 20.9 Å². The van der Waals surface area contributed by atoms with Crippen molar-refractivity contribution in [3.63, 3.8) is 0 Å². The van der Waals surface area contributed by atoms with Crippen molar-refractivity contribution in [1.82, 2.24) is 10.6 Å². The Morgan fingerprint density at radius 1 is 0.939 bits per heavy atom. The maximum absolute atomic E-state index is 12.1. The van der Waals surface area contributed by atoms with E-state index in [-0.39, 0.29) is 31.4 Å². The zero-order valence-corrected chi connectivity index (χ0v) is 20.2. The Morgan fingerprint density at radius 3 is 2.27 bits per heavy atom. The van der Waals surface area contributed by atoms with Crippen LogP contribution in [-0.4, -0.2) is 36.7 Å². The SMILES string of the molecule is CC(C)(C)OC(=O)NCCC(=O)NCc1ccc(NC(=O)COc2ccc(Cl)cc2Cl)cc1. The lowest BCUT2D eigenvalue weighted by atomic mass is 10.2. The van der Waals surface area contributed by atoms with Gasteiger partial charge in [0.15, 0.2) is 6.61 Å². The van der Waals surface area contributed by atoms with Gasteiger partial charge in [-0.2, -0.15) is 0 Å². The first-order chi connectivity index (χ1) is 15.5. The molecule has 0 radical (unpaired) electrons. The molecule has 0 fully saturated rings. The molecular weight excluding hydrogens is 469 g/mol. The molecule has 2 rings (SSSR count). The number of rotatable bonds is 9. The predicted molar refractivity (Wildman–Crippen MR) is 128 cm³/mol. The number of hydrogen-bond donors (Lipinski definition) is 3. The summed E-state index contributed by atoms with van der Waals surface area (Å²) >= 11 is 11.8. The van der Waals surface area contributed by atoms with Crippen molar-refractivity contribution in [2.75, 3.05) is 18.5 Å². The van der Waals surface area contributed by atoms with Crippen molar-refractivity contribution in [3.8, 4) is 5.75 Å². The first kappa shape index (κ1) is 26.3. The molecule has 0 aromatic heterocycles. The van der Waals surface area contributed by atoms with E-state index in [4.69, 9.17) is 32.7 Å². The van der Waals surface area contributed by atoms with E-state index in [9.17, 15) is 14.4 Å². The van der Waals surface area contributed by atoms with Crippen LogP contribution in [0, 0.1) is 0 Å². The number of anilines is 1. The van der Waals surface area contributed by atoms with E-state index < -0.39 is 11.7 Å². The molecule has 33 heavy (non-hydrogen) atoms. The van der Waals surface area contributed by atoms with Crippen molar-refractivity contribution in [2.45, 2.75) is 39.3 Å². The van der Waals surface area contributed by atoms with Crippen molar-refractivity contribution in [1.29, 1.82) is 0 Å². The van der Waals surface area contributed by atoms with Crippen LogP contribution in [0.4, 0.5) is 10.5 Å². The normalized spacial score (nSPS) is 10.8. The van der Waals surface area contributed by atoms with Gasteiger partial charge >= 0.3 is 6.09 Å². The lowest BCUT2D eigenvalue weighted by Gasteiger charge is -2.19. The standard InChI is InChI=1S/C23H27Cl2N3O5/c1-23(2,3)33-22(31)26-11-10-20(29)27-13-15-4-7-17(8-5-15)28-21(30)14-32-19-9-6-16(24)12-18(19)25/h4-9,12H,10-11,13-14H2,1-3H3,(H,26,31)(H,27,29)(H,28,30). The maximum Gasteiger partial charge on any atom is 0.407 e. The summed E-state index contributed by atoms with van der Waals surface area (Å²) in [5.74, 6) is -0.190. The molecule has 0 aliphatic heterocycles. The van der Waals surface area contributed by atoms with Gasteiger partial charge in [0, 0.05) is 30.2 Å². The summed E-state index contributed by atoms with van der Waals surface area (Å²) < 4.78 is 10.5. The highest BCUT2D eigenvalue weighted by Crippen LogP contribution is 2.27. The van der Waals surface area contributed by atoms with Crippen LogP contribution in [0.2, 0.25) is 10.0 Å². The van der Waals surface area contributed by atoms with Crippen LogP contribution in [0.25, 0.3) is 0 Å². The Bertz CT molecular complexity index is 975. The highest BCUT2D eigenvalue weighted by atomic mass is 35.5. The van der Waals surface area contributed by atoms with Gasteiger partial charge in [0.1, 0.15) is 11.4 Å². The molecule has 0 unspecified atom stereocenters. The summed E-state index contributed by atoms with van der Waals surface area (Å²) in [5, 5.41) is 8.82. The topological polar surface area (TPSA) is 106 Å². The minimum absolute atomic E-state index is 0.130. The molecule has 0 spiro atoms. The molecular formula is C23H27Cl2N3O5. The fourth-order valence-electron chi connectivity index (χ4n) is 2.52. The molecule has 3 N–H and O–H groups in total. The second-order valence-corrected chi connectivity index (χ2v) is 8.91. The number of carbonyl (C=O) groups excluding carboxylic acids is 3. The fraction of sp³-hybridized carbons (Fsp3) is 0.348. The zero-order chi connectivity index (χ0) is 24.4. The molecule has 8 nitrogen and oxygen atoms in total. The Hall–Kier alpha value is -2.97. The molecule has 178 valence electrons. The van der Waals surface area contributed by atoms with Crippen LogP contribution in [0.3, 0.4) is 0 Å². The van der Waals surface area contributed by atoms with E-state index in [1.54, 1.807) is 57.2 Å². The number of hydrogen-bond acceptors (Lipinski definition) is 5. The van der Waals surface area contributed by atoms with Gasteiger partial charge < -0.3 is 25.4 Å². The van der Waals surface area contributed by atoms with Gasteiger partial charge in [-0.05, 0) is 56.7 Å². The van der Waals surface area contributed by atoms with Gasteiger partial charge in [-0.1, -0.05) is 35.3 Å². The molecule has 0 aliphatic carbocycles. The predicted octanol–water partition coefficient (Wildman–Crippen LogP) is 4.54. The minimum Gasteiger partial charge on any atom is -0.482 e. The van der Waals surface area contributed by atoms with Gasteiger partial charge in [-0.25, -0.2) is 4.79 Å². The Kier molecular flexibility index (Phi) is 9.81. The Morgan fingerprint density at radius 2 is 1.64 bits per heavy atom. The number of alkyl carbamates (subject to hydrolysis) is 1. The lowest BCUT2D eigenvalue weighted by molar-refractivity contribution is -0.121. The average molecular weight is 496 g/mol. The van der Waals surface area contributed by atoms with E-state index in [0.717, 1.165) is 5.56 Å². The summed E-state index contributed by atoms with van der Waals surface area (Å²) in [6, 6.07) is 11.8. The number of halogens is 2. The third-order valence-corrected chi connectivity index (χ3v) is 4.53. The van der Waals surface area contributed by atoms with Crippen LogP contribution >= 0.6 is 23.2 Å². The second kappa shape index (κ2) is 12.3. The maximum atomic E-state index is 12.1. The monoisotopic (exact) mass is 495 g/mol. The highest BCUT2D eigenvalue weighted by Gasteiger charge is 2.15. The largest absolute Gasteiger partial charge is 0.482 e. The molecule has 0 bridgehead atoms. The number of ether oxygens (including phenoxy) is 2. The van der Waals surface area contributed by atoms with Crippen LogP contribution < -0.4 is 20.7 Å². The molecule has 2 aromatic rings. The van der Waals surface area contributed by atoms with E-state index >= 15 is 0 Å². The van der Waals surface area contributed by atoms with E-state index in [1.807, 2.05) is 0 Å². The van der Waals surface area contributed by atoms with Crippen molar-refractivity contribution >= 4 is 46.8 Å². The molecule has 3 amide bonds. The summed E-state index contributed by atoms with van der Waals surface area (Å²) in [7, 11) is 0. The van der Waals surface area contributed by atoms with Crippen LogP contribution in [0.1, 0.15) is 32.8 Å². The second-order valence-electron chi connectivity index (χ2n) is 8.06. The summed E-state index contributed by atoms with van der Waals surface area (Å²) in [5.41, 5.74) is 0.850. The van der Waals surface area contributed by atoms with Gasteiger partial charge in [0.2, 0.25) is 5.91 Å². The Balaban J connectivity index is 1.69. The number of benzene rings is 2. The number of amides is 3. The average Bonchev–Trinajstić information content (AvgIpc) is 2.71. The lowest BCUT2D eigenvalue weighted by Crippen LogP contribution is -2.35. The molecule has 2 aromatic carbocycles. The number of nitrogens with one attached hydrogen (secondary N) is 3. The summed E-state index contributed by atoms with van der Waals surface area (Å²) in [6.07, 6.45) is -0.431. The first-order valence-electron chi connectivity index (χ1n) is 10.2. The van der Waals surface area contributed by atoms with E-state index in [1.165, 1.54) is 6.07 Å². The molecule has 10 heteroatoms. The summed E-state index contributed by atoms with van der Waals surface area (Å²) in [6.45, 7) is 5.58. The molecule has 0 saturated carbocycles. The summed E-state index contributed by atoms with van der Waals surface area (Å²) in [4.78, 5) is 35.6. The van der Waals surface area contributed by atoms with Gasteiger partial charge in [-0.15, -0.1) is 0 Å². The van der Waals surface area contributed by atoms with Crippen molar-refractivity contribution < 1.29 is 23.9 Å². The van der Waals surface area contributed by atoms with E-state index in [2.05, 4.69) is 16.0 Å². The fourth-order valence-corrected chi connectivity index (χ4v) is 2.98. The zero-order valence-electron chi connectivity index (χ0n) is 18.7. The molecule has 0 saturated heterocycles. The Labute approximate surface area is 202 Å². The number of carbonyl (C=O) groups is 3. The first-order valence-corrected chi connectivity index (χ1v) is 11.0. The van der Waals surface area contributed by atoms with Gasteiger partial charge in [0.25, 0.3) is 5.91 Å². The van der Waals surface area contributed by atoms with E-state index in [0.29, 0.717) is 28.0 Å².